The van der Waals surface area contributed by atoms with Gasteiger partial charge in [0, 0.05) is 12.1 Å². The maximum atomic E-state index is 12.8. The highest BCUT2D eigenvalue weighted by Crippen LogP contribution is 2.27. The van der Waals surface area contributed by atoms with E-state index in [0.717, 1.165) is 5.56 Å². The first-order chi connectivity index (χ1) is 13.5. The summed E-state index contributed by atoms with van der Waals surface area (Å²) in [5.41, 5.74) is 2.49. The van der Waals surface area contributed by atoms with Crippen molar-refractivity contribution in [2.24, 2.45) is 0 Å². The molecule has 0 radical (unpaired) electrons. The average molecular weight is 416 g/mol. The van der Waals surface area contributed by atoms with Crippen LogP contribution < -0.4 is 10.0 Å². The second kappa shape index (κ2) is 7.24. The third-order valence-electron chi connectivity index (χ3n) is 4.25. The van der Waals surface area contributed by atoms with Crippen molar-refractivity contribution in [3.63, 3.8) is 0 Å². The van der Waals surface area contributed by atoms with Crippen molar-refractivity contribution >= 4 is 39.1 Å². The second-order valence-electron chi connectivity index (χ2n) is 6.10. The van der Waals surface area contributed by atoms with Crippen LogP contribution in [0.1, 0.15) is 12.0 Å². The fraction of sp³-hybridized carbons (Fsp3) is 0.176. The van der Waals surface area contributed by atoms with Gasteiger partial charge in [-0.1, -0.05) is 17.8 Å². The number of hydrogen-bond acceptors (Lipinski definition) is 7. The summed E-state index contributed by atoms with van der Waals surface area (Å²) < 4.78 is 29.8. The molecule has 11 heteroatoms. The van der Waals surface area contributed by atoms with Crippen molar-refractivity contribution in [3.05, 3.63) is 48.0 Å². The van der Waals surface area contributed by atoms with Crippen molar-refractivity contribution in [3.8, 4) is 5.69 Å². The third-order valence-corrected chi connectivity index (χ3v) is 6.25. The van der Waals surface area contributed by atoms with Gasteiger partial charge >= 0.3 is 0 Å². The SMILES string of the molecule is CSc1nnnn1-c1cccc(NS(=O)(=O)c2ccc3c(c2)CCC(=O)N3)c1. The Morgan fingerprint density at radius 2 is 2.04 bits per heavy atom. The molecule has 2 heterocycles. The number of amides is 1. The van der Waals surface area contributed by atoms with Crippen LogP contribution in [0.5, 0.6) is 0 Å². The van der Waals surface area contributed by atoms with Gasteiger partial charge in [0.2, 0.25) is 11.1 Å². The number of thioether (sulfide) groups is 1. The first-order valence-corrected chi connectivity index (χ1v) is 11.1. The van der Waals surface area contributed by atoms with E-state index >= 15 is 0 Å². The lowest BCUT2D eigenvalue weighted by molar-refractivity contribution is -0.116. The van der Waals surface area contributed by atoms with Crippen LogP contribution in [-0.2, 0) is 21.2 Å². The monoisotopic (exact) mass is 416 g/mol. The van der Waals surface area contributed by atoms with E-state index in [-0.39, 0.29) is 10.8 Å². The van der Waals surface area contributed by atoms with Gasteiger partial charge in [-0.15, -0.1) is 5.10 Å². The molecule has 9 nitrogen and oxygen atoms in total. The Labute approximate surface area is 165 Å². The van der Waals surface area contributed by atoms with Gasteiger partial charge in [0.15, 0.2) is 0 Å². The fourth-order valence-electron chi connectivity index (χ4n) is 2.91. The molecule has 1 amide bonds. The van der Waals surface area contributed by atoms with Crippen LogP contribution in [0, 0.1) is 0 Å². The predicted molar refractivity (Wildman–Crippen MR) is 105 cm³/mol. The molecule has 28 heavy (non-hydrogen) atoms. The molecule has 0 unspecified atom stereocenters. The molecule has 144 valence electrons. The van der Waals surface area contributed by atoms with E-state index in [1.807, 2.05) is 6.26 Å². The van der Waals surface area contributed by atoms with Crippen LogP contribution in [0.3, 0.4) is 0 Å². The summed E-state index contributed by atoms with van der Waals surface area (Å²) in [6, 6.07) is 11.5. The highest BCUT2D eigenvalue weighted by Gasteiger charge is 2.20. The quantitative estimate of drug-likeness (QED) is 0.611. The Balaban J connectivity index is 1.62. The number of fused-ring (bicyclic) bond motifs is 1. The van der Waals surface area contributed by atoms with E-state index in [9.17, 15) is 13.2 Å². The Kier molecular flexibility index (Phi) is 4.77. The molecule has 0 saturated carbocycles. The lowest BCUT2D eigenvalue weighted by Crippen LogP contribution is -2.20. The molecule has 1 aliphatic rings. The fourth-order valence-corrected chi connectivity index (χ4v) is 4.44. The molecule has 2 aromatic carbocycles. The summed E-state index contributed by atoms with van der Waals surface area (Å²) in [7, 11) is -3.79. The number of anilines is 2. The van der Waals surface area contributed by atoms with E-state index in [0.29, 0.717) is 35.1 Å². The van der Waals surface area contributed by atoms with Crippen LogP contribution in [0.25, 0.3) is 5.69 Å². The largest absolute Gasteiger partial charge is 0.326 e. The number of sulfonamides is 1. The topological polar surface area (TPSA) is 119 Å². The standard InChI is InChI=1S/C17H16N6O3S2/c1-27-17-19-21-22-23(17)13-4-2-3-12(10-13)20-28(25,26)14-6-7-15-11(9-14)5-8-16(24)18-15/h2-4,6-7,9-10,20H,5,8H2,1H3,(H,18,24). The molecular weight excluding hydrogens is 400 g/mol. The number of benzene rings is 2. The normalized spacial score (nSPS) is 13.7. The van der Waals surface area contributed by atoms with Crippen LogP contribution in [0.2, 0.25) is 0 Å². The minimum atomic E-state index is -3.79. The summed E-state index contributed by atoms with van der Waals surface area (Å²) in [5, 5.41) is 14.8. The maximum Gasteiger partial charge on any atom is 0.261 e. The molecule has 3 aromatic rings. The number of aromatic nitrogens is 4. The van der Waals surface area contributed by atoms with Crippen LogP contribution in [-0.4, -0.2) is 40.8 Å². The first kappa shape index (κ1) is 18.4. The average Bonchev–Trinajstić information content (AvgIpc) is 3.16. The summed E-state index contributed by atoms with van der Waals surface area (Å²) in [5.74, 6) is -0.0646. The van der Waals surface area contributed by atoms with Gasteiger partial charge in [-0.2, -0.15) is 4.68 Å². The second-order valence-corrected chi connectivity index (χ2v) is 8.56. The minimum absolute atomic E-state index is 0.0646. The Bertz CT molecular complexity index is 1160. The number of tetrazole rings is 1. The van der Waals surface area contributed by atoms with E-state index < -0.39 is 10.0 Å². The molecule has 0 fully saturated rings. The van der Waals surface area contributed by atoms with Crippen molar-refractivity contribution in [1.29, 1.82) is 0 Å². The molecular formula is C17H16N6O3S2. The van der Waals surface area contributed by atoms with Gasteiger partial charge in [0.25, 0.3) is 10.0 Å². The number of nitrogens with one attached hydrogen (secondary N) is 2. The predicted octanol–water partition coefficient (Wildman–Crippen LogP) is 2.07. The minimum Gasteiger partial charge on any atom is -0.326 e. The third kappa shape index (κ3) is 3.58. The molecule has 0 spiro atoms. The van der Waals surface area contributed by atoms with Crippen LogP contribution in [0.15, 0.2) is 52.5 Å². The van der Waals surface area contributed by atoms with E-state index in [2.05, 4.69) is 25.6 Å². The number of nitrogens with zero attached hydrogens (tertiary/aromatic N) is 4. The molecule has 0 atom stereocenters. The van der Waals surface area contributed by atoms with E-state index in [1.165, 1.54) is 22.5 Å². The van der Waals surface area contributed by atoms with Gasteiger partial charge in [0.05, 0.1) is 16.3 Å². The molecule has 1 aliphatic heterocycles. The van der Waals surface area contributed by atoms with Crippen molar-refractivity contribution in [1.82, 2.24) is 20.2 Å². The number of carbonyl (C=O) groups excluding carboxylic acids is 1. The van der Waals surface area contributed by atoms with Crippen molar-refractivity contribution < 1.29 is 13.2 Å². The highest BCUT2D eigenvalue weighted by atomic mass is 32.2. The maximum absolute atomic E-state index is 12.8. The van der Waals surface area contributed by atoms with Crippen molar-refractivity contribution in [2.75, 3.05) is 16.3 Å². The van der Waals surface area contributed by atoms with Gasteiger partial charge in [-0.05, 0) is 65.1 Å². The summed E-state index contributed by atoms with van der Waals surface area (Å²) in [6.45, 7) is 0. The summed E-state index contributed by atoms with van der Waals surface area (Å²) in [4.78, 5) is 11.6. The number of carbonyl (C=O) groups is 1. The van der Waals surface area contributed by atoms with Gasteiger partial charge < -0.3 is 5.32 Å². The number of rotatable bonds is 5. The Morgan fingerprint density at radius 1 is 1.18 bits per heavy atom. The molecule has 0 aliphatic carbocycles. The van der Waals surface area contributed by atoms with Gasteiger partial charge in [0.1, 0.15) is 0 Å². The number of hydrogen-bond donors (Lipinski definition) is 2. The zero-order valence-corrected chi connectivity index (χ0v) is 16.4. The van der Waals surface area contributed by atoms with E-state index in [1.54, 1.807) is 36.4 Å². The van der Waals surface area contributed by atoms with Crippen molar-refractivity contribution in [2.45, 2.75) is 22.9 Å². The van der Waals surface area contributed by atoms with Gasteiger partial charge in [-0.3, -0.25) is 9.52 Å². The zero-order valence-electron chi connectivity index (χ0n) is 14.8. The molecule has 0 saturated heterocycles. The Morgan fingerprint density at radius 3 is 2.86 bits per heavy atom. The van der Waals surface area contributed by atoms with Gasteiger partial charge in [-0.25, -0.2) is 8.42 Å². The van der Waals surface area contributed by atoms with E-state index in [4.69, 9.17) is 0 Å². The first-order valence-electron chi connectivity index (χ1n) is 8.35. The molecule has 0 bridgehead atoms. The molecule has 4 rings (SSSR count). The van der Waals surface area contributed by atoms with Crippen LogP contribution in [0.4, 0.5) is 11.4 Å². The molecule has 1 aromatic heterocycles. The summed E-state index contributed by atoms with van der Waals surface area (Å²) in [6.07, 6.45) is 2.71. The Hall–Kier alpha value is -2.92. The smallest absolute Gasteiger partial charge is 0.261 e. The lowest BCUT2D eigenvalue weighted by Gasteiger charge is -2.18. The lowest BCUT2D eigenvalue weighted by atomic mass is 10.0. The zero-order chi connectivity index (χ0) is 19.7. The number of aryl methyl sites for hydroxylation is 1. The highest BCUT2D eigenvalue weighted by molar-refractivity contribution is 7.98. The summed E-state index contributed by atoms with van der Waals surface area (Å²) >= 11 is 1.38. The molecule has 2 N–H and O–H groups in total. The van der Waals surface area contributed by atoms with Crippen LogP contribution >= 0.6 is 11.8 Å².